The van der Waals surface area contributed by atoms with E-state index in [0.29, 0.717) is 36.4 Å². The molecule has 2 N–H and O–H groups in total. The lowest BCUT2D eigenvalue weighted by Crippen LogP contribution is -2.39. The van der Waals surface area contributed by atoms with Crippen LogP contribution in [0.1, 0.15) is 65.0 Å². The van der Waals surface area contributed by atoms with Gasteiger partial charge in [-0.1, -0.05) is 25.1 Å². The van der Waals surface area contributed by atoms with Crippen molar-refractivity contribution in [3.8, 4) is 0 Å². The van der Waals surface area contributed by atoms with Gasteiger partial charge >= 0.3 is 5.97 Å². The van der Waals surface area contributed by atoms with Crippen LogP contribution in [0.25, 0.3) is 0 Å². The maximum Gasteiger partial charge on any atom is 0.343 e. The number of aromatic nitrogens is 2. The van der Waals surface area contributed by atoms with Gasteiger partial charge in [0.2, 0.25) is 0 Å². The Morgan fingerprint density at radius 1 is 1.33 bits per heavy atom. The molecule has 0 aliphatic carbocycles. The number of benzene rings is 1. The summed E-state index contributed by atoms with van der Waals surface area (Å²) in [5.41, 5.74) is 2.75. The third-order valence-corrected chi connectivity index (χ3v) is 4.57. The van der Waals surface area contributed by atoms with E-state index >= 15 is 0 Å². The van der Waals surface area contributed by atoms with Crippen molar-refractivity contribution in [3.05, 3.63) is 63.3 Å². The predicted octanol–water partition coefficient (Wildman–Crippen LogP) is 1.99. The fourth-order valence-corrected chi connectivity index (χ4v) is 3.13. The molecular weight excluding hydrogens is 348 g/mol. The molecule has 0 bridgehead atoms. The molecule has 1 atom stereocenters. The summed E-state index contributed by atoms with van der Waals surface area (Å²) in [6.07, 6.45) is 1.43. The number of carbonyl (C=O) groups excluding carboxylic acids is 1. The van der Waals surface area contributed by atoms with Gasteiger partial charge in [-0.25, -0.2) is 15.2 Å². The molecule has 1 unspecified atom stereocenters. The topological polar surface area (TPSA) is 114 Å². The smallest absolute Gasteiger partial charge is 0.343 e. The van der Waals surface area contributed by atoms with Crippen LogP contribution >= 0.6 is 0 Å². The molecule has 8 heteroatoms. The van der Waals surface area contributed by atoms with E-state index in [1.54, 1.807) is 31.2 Å². The fraction of sp³-hybridized carbons (Fsp3) is 0.316. The standard InChI is InChI=1S/C19H20N4O4/c1-3-13-15(19(26)27)18(25)23-11(2)9-10-14(16(23)20-13)21-22-17(24)12-7-5-4-6-8-12/h4-8,11H,3,9-10H2,1-2H3,(H,22,24)(H,26,27). The van der Waals surface area contributed by atoms with Crippen molar-refractivity contribution in [2.45, 2.75) is 39.2 Å². The summed E-state index contributed by atoms with van der Waals surface area (Å²) in [4.78, 5) is 40.9. The van der Waals surface area contributed by atoms with E-state index in [-0.39, 0.29) is 23.2 Å². The molecular formula is C19H20N4O4. The largest absolute Gasteiger partial charge is 0.477 e. The molecule has 0 saturated heterocycles. The normalized spacial score (nSPS) is 17.4. The average molecular weight is 368 g/mol. The molecule has 0 spiro atoms. The highest BCUT2D eigenvalue weighted by molar-refractivity contribution is 6.01. The Morgan fingerprint density at radius 2 is 2.04 bits per heavy atom. The molecule has 8 nitrogen and oxygen atoms in total. The predicted molar refractivity (Wildman–Crippen MR) is 99.2 cm³/mol. The molecule has 0 saturated carbocycles. The van der Waals surface area contributed by atoms with E-state index in [1.807, 2.05) is 13.0 Å². The lowest BCUT2D eigenvalue weighted by Gasteiger charge is -2.26. The van der Waals surface area contributed by atoms with Crippen LogP contribution in [-0.4, -0.2) is 32.2 Å². The Morgan fingerprint density at radius 3 is 2.67 bits per heavy atom. The third kappa shape index (κ3) is 3.51. The van der Waals surface area contributed by atoms with Crippen molar-refractivity contribution < 1.29 is 14.7 Å². The molecule has 1 aliphatic rings. The van der Waals surface area contributed by atoms with Gasteiger partial charge in [-0.2, -0.15) is 5.10 Å². The lowest BCUT2D eigenvalue weighted by molar-refractivity contribution is 0.0691. The number of carbonyl (C=O) groups is 2. The minimum absolute atomic E-state index is 0.201. The molecule has 2 aromatic rings. The molecule has 1 aromatic carbocycles. The van der Waals surface area contributed by atoms with E-state index in [9.17, 15) is 19.5 Å². The van der Waals surface area contributed by atoms with Crippen molar-refractivity contribution in [1.82, 2.24) is 15.0 Å². The van der Waals surface area contributed by atoms with E-state index < -0.39 is 11.5 Å². The number of hydrogen-bond donors (Lipinski definition) is 2. The first-order valence-corrected chi connectivity index (χ1v) is 8.75. The minimum Gasteiger partial charge on any atom is -0.477 e. The first-order chi connectivity index (χ1) is 12.9. The SMILES string of the molecule is CCc1nc2n(c(=O)c1C(=O)O)C(C)CCC2=NNC(=O)c1ccccc1. The quantitative estimate of drug-likeness (QED) is 0.801. The van der Waals surface area contributed by atoms with Gasteiger partial charge in [0, 0.05) is 11.6 Å². The fourth-order valence-electron chi connectivity index (χ4n) is 3.13. The number of nitrogens with one attached hydrogen (secondary N) is 1. The summed E-state index contributed by atoms with van der Waals surface area (Å²) >= 11 is 0. The number of aryl methyl sites for hydroxylation is 1. The van der Waals surface area contributed by atoms with Crippen molar-refractivity contribution in [2.24, 2.45) is 5.10 Å². The van der Waals surface area contributed by atoms with Crippen LogP contribution < -0.4 is 11.0 Å². The zero-order chi connectivity index (χ0) is 19.6. The number of carboxylic acid groups (broad SMARTS) is 1. The molecule has 27 heavy (non-hydrogen) atoms. The van der Waals surface area contributed by atoms with Crippen LogP contribution in [0.4, 0.5) is 0 Å². The summed E-state index contributed by atoms with van der Waals surface area (Å²) in [6, 6.07) is 8.45. The maximum atomic E-state index is 12.8. The molecule has 1 aromatic heterocycles. The number of rotatable bonds is 4. The van der Waals surface area contributed by atoms with E-state index in [0.717, 1.165) is 0 Å². The summed E-state index contributed by atoms with van der Waals surface area (Å²) in [5, 5.41) is 13.6. The Bertz CT molecular complexity index is 979. The lowest BCUT2D eigenvalue weighted by atomic mass is 10.0. The number of fused-ring (bicyclic) bond motifs is 1. The zero-order valence-electron chi connectivity index (χ0n) is 15.1. The number of aromatic carboxylic acids is 1. The van der Waals surface area contributed by atoms with Gasteiger partial charge in [0.1, 0.15) is 11.3 Å². The first kappa shape index (κ1) is 18.5. The summed E-state index contributed by atoms with van der Waals surface area (Å²) in [5.74, 6) is -1.34. The van der Waals surface area contributed by atoms with Gasteiger partial charge in [-0.15, -0.1) is 0 Å². The van der Waals surface area contributed by atoms with Crippen molar-refractivity contribution in [3.63, 3.8) is 0 Å². The van der Waals surface area contributed by atoms with Crippen LogP contribution in [0.5, 0.6) is 0 Å². The van der Waals surface area contributed by atoms with Crippen LogP contribution in [0.3, 0.4) is 0 Å². The third-order valence-electron chi connectivity index (χ3n) is 4.57. The molecule has 3 rings (SSSR count). The van der Waals surface area contributed by atoms with Crippen molar-refractivity contribution in [1.29, 1.82) is 0 Å². The Labute approximate surface area is 155 Å². The minimum atomic E-state index is -1.28. The molecule has 1 amide bonds. The summed E-state index contributed by atoms with van der Waals surface area (Å²) < 4.78 is 1.36. The maximum absolute atomic E-state index is 12.8. The van der Waals surface area contributed by atoms with E-state index in [1.165, 1.54) is 4.57 Å². The summed E-state index contributed by atoms with van der Waals surface area (Å²) in [6.45, 7) is 3.58. The number of carboxylic acids is 1. The molecule has 0 fully saturated rings. The first-order valence-electron chi connectivity index (χ1n) is 8.75. The number of hydrogen-bond acceptors (Lipinski definition) is 5. The molecule has 140 valence electrons. The Kier molecular flexibility index (Phi) is 5.16. The van der Waals surface area contributed by atoms with Crippen LogP contribution in [0.2, 0.25) is 0 Å². The van der Waals surface area contributed by atoms with Gasteiger partial charge in [-0.3, -0.25) is 14.2 Å². The van der Waals surface area contributed by atoms with Gasteiger partial charge in [0.05, 0.1) is 5.69 Å². The molecule has 2 heterocycles. The zero-order valence-corrected chi connectivity index (χ0v) is 15.1. The second kappa shape index (κ2) is 7.53. The van der Waals surface area contributed by atoms with Crippen LogP contribution in [0.15, 0.2) is 40.2 Å². The highest BCUT2D eigenvalue weighted by Crippen LogP contribution is 2.23. The average Bonchev–Trinajstić information content (AvgIpc) is 2.67. The number of hydrazone groups is 1. The molecule has 1 aliphatic heterocycles. The van der Waals surface area contributed by atoms with Crippen LogP contribution in [0, 0.1) is 0 Å². The highest BCUT2D eigenvalue weighted by Gasteiger charge is 2.29. The van der Waals surface area contributed by atoms with Gasteiger partial charge in [-0.05, 0) is 38.3 Å². The summed E-state index contributed by atoms with van der Waals surface area (Å²) in [7, 11) is 0. The molecule has 0 radical (unpaired) electrons. The van der Waals surface area contributed by atoms with Crippen molar-refractivity contribution >= 4 is 17.6 Å². The Balaban J connectivity index is 2.03. The second-order valence-electron chi connectivity index (χ2n) is 6.34. The number of amides is 1. The number of nitrogens with zero attached hydrogens (tertiary/aromatic N) is 3. The van der Waals surface area contributed by atoms with Crippen LogP contribution in [-0.2, 0) is 6.42 Å². The highest BCUT2D eigenvalue weighted by atomic mass is 16.4. The van der Waals surface area contributed by atoms with Gasteiger partial charge < -0.3 is 5.11 Å². The van der Waals surface area contributed by atoms with Gasteiger partial charge in [0.15, 0.2) is 5.82 Å². The second-order valence-corrected chi connectivity index (χ2v) is 6.34. The van der Waals surface area contributed by atoms with E-state index in [2.05, 4.69) is 15.5 Å². The monoisotopic (exact) mass is 368 g/mol. The van der Waals surface area contributed by atoms with Crippen molar-refractivity contribution in [2.75, 3.05) is 0 Å². The van der Waals surface area contributed by atoms with Gasteiger partial charge in [0.25, 0.3) is 11.5 Å². The van der Waals surface area contributed by atoms with E-state index in [4.69, 9.17) is 0 Å². The Hall–Kier alpha value is -3.29.